The summed E-state index contributed by atoms with van der Waals surface area (Å²) in [5.41, 5.74) is 1.22. The Hall–Kier alpha value is -1.01. The molecule has 2 aromatic rings. The van der Waals surface area contributed by atoms with Crippen molar-refractivity contribution in [3.8, 4) is 0 Å². The summed E-state index contributed by atoms with van der Waals surface area (Å²) >= 11 is 2.20. The van der Waals surface area contributed by atoms with Gasteiger partial charge in [-0.2, -0.15) is 0 Å². The first-order chi connectivity index (χ1) is 8.63. The lowest BCUT2D eigenvalue weighted by molar-refractivity contribution is 0.487. The fraction of sp³-hybridized carbons (Fsp3) is 0.143. The van der Waals surface area contributed by atoms with Gasteiger partial charge in [0.1, 0.15) is 0 Å². The van der Waals surface area contributed by atoms with E-state index in [1.165, 1.54) is 6.07 Å². The van der Waals surface area contributed by atoms with E-state index in [1.807, 2.05) is 24.3 Å². The zero-order valence-corrected chi connectivity index (χ0v) is 11.9. The molecule has 0 saturated heterocycles. The number of rotatable bonds is 3. The summed E-state index contributed by atoms with van der Waals surface area (Å²) in [6.07, 6.45) is 0. The molecule has 1 unspecified atom stereocenters. The Kier molecular flexibility index (Phi) is 4.29. The average Bonchev–Trinajstić information content (AvgIpc) is 2.37. The highest BCUT2D eigenvalue weighted by atomic mass is 127. The monoisotopic (exact) mass is 359 g/mol. The maximum Gasteiger partial charge on any atom is 0.163 e. The average molecular weight is 359 g/mol. The van der Waals surface area contributed by atoms with Crippen LogP contribution in [0.3, 0.4) is 0 Å². The lowest BCUT2D eigenvalue weighted by Gasteiger charge is -2.18. The zero-order chi connectivity index (χ0) is 13.1. The molecule has 0 heterocycles. The predicted molar refractivity (Wildman–Crippen MR) is 76.4 cm³/mol. The first-order valence-corrected chi connectivity index (χ1v) is 6.58. The van der Waals surface area contributed by atoms with Gasteiger partial charge in [0, 0.05) is 9.13 Å². The Morgan fingerprint density at radius 3 is 2.33 bits per heavy atom. The van der Waals surface area contributed by atoms with Crippen LogP contribution in [0.4, 0.5) is 8.78 Å². The van der Waals surface area contributed by atoms with Gasteiger partial charge in [0.05, 0.1) is 6.04 Å². The minimum Gasteiger partial charge on any atom is -0.309 e. The largest absolute Gasteiger partial charge is 0.309 e. The Morgan fingerprint density at radius 1 is 1.06 bits per heavy atom. The van der Waals surface area contributed by atoms with Gasteiger partial charge in [-0.25, -0.2) is 8.78 Å². The van der Waals surface area contributed by atoms with Crippen molar-refractivity contribution in [3.05, 3.63) is 68.8 Å². The Morgan fingerprint density at radius 2 is 1.72 bits per heavy atom. The van der Waals surface area contributed by atoms with Crippen LogP contribution in [0, 0.1) is 15.2 Å². The molecule has 94 valence electrons. The van der Waals surface area contributed by atoms with Gasteiger partial charge in [-0.05, 0) is 53.4 Å². The van der Waals surface area contributed by atoms with E-state index in [-0.39, 0.29) is 6.04 Å². The van der Waals surface area contributed by atoms with E-state index in [9.17, 15) is 8.78 Å². The minimum absolute atomic E-state index is 0.318. The maximum absolute atomic E-state index is 13.8. The first-order valence-electron chi connectivity index (χ1n) is 5.50. The second kappa shape index (κ2) is 5.75. The highest BCUT2D eigenvalue weighted by molar-refractivity contribution is 14.1. The highest BCUT2D eigenvalue weighted by Crippen LogP contribution is 2.25. The van der Waals surface area contributed by atoms with Crippen LogP contribution in [0.1, 0.15) is 17.2 Å². The second-order valence-electron chi connectivity index (χ2n) is 3.92. The second-order valence-corrected chi connectivity index (χ2v) is 5.16. The smallest absolute Gasteiger partial charge is 0.163 e. The van der Waals surface area contributed by atoms with Gasteiger partial charge < -0.3 is 5.32 Å². The summed E-state index contributed by atoms with van der Waals surface area (Å²) < 4.78 is 28.1. The molecule has 1 atom stereocenters. The minimum atomic E-state index is -0.821. The fourth-order valence-corrected chi connectivity index (χ4v) is 2.26. The Balaban J connectivity index is 2.45. The quantitative estimate of drug-likeness (QED) is 0.821. The van der Waals surface area contributed by atoms with Gasteiger partial charge in [-0.1, -0.05) is 24.3 Å². The number of halogens is 3. The van der Waals surface area contributed by atoms with E-state index in [0.717, 1.165) is 15.2 Å². The van der Waals surface area contributed by atoms with E-state index in [2.05, 4.69) is 27.9 Å². The number of hydrogen-bond donors (Lipinski definition) is 1. The van der Waals surface area contributed by atoms with Crippen molar-refractivity contribution >= 4 is 22.6 Å². The van der Waals surface area contributed by atoms with Crippen molar-refractivity contribution in [3.63, 3.8) is 0 Å². The number of nitrogens with one attached hydrogen (secondary N) is 1. The molecule has 2 aromatic carbocycles. The van der Waals surface area contributed by atoms with Crippen LogP contribution < -0.4 is 5.32 Å². The molecule has 0 fully saturated rings. The van der Waals surface area contributed by atoms with E-state index >= 15 is 0 Å². The van der Waals surface area contributed by atoms with Gasteiger partial charge in [-0.15, -0.1) is 0 Å². The molecular weight excluding hydrogens is 347 g/mol. The summed E-state index contributed by atoms with van der Waals surface area (Å²) in [4.78, 5) is 0. The SMILES string of the molecule is CNC(c1ccc(I)cc1)c1cccc(F)c1F. The highest BCUT2D eigenvalue weighted by Gasteiger charge is 2.18. The van der Waals surface area contributed by atoms with Gasteiger partial charge in [-0.3, -0.25) is 0 Å². The van der Waals surface area contributed by atoms with Crippen LogP contribution in [0.5, 0.6) is 0 Å². The van der Waals surface area contributed by atoms with Gasteiger partial charge in [0.15, 0.2) is 11.6 Å². The van der Waals surface area contributed by atoms with Gasteiger partial charge >= 0.3 is 0 Å². The van der Waals surface area contributed by atoms with E-state index in [0.29, 0.717) is 5.56 Å². The van der Waals surface area contributed by atoms with Crippen molar-refractivity contribution in [1.82, 2.24) is 5.32 Å². The van der Waals surface area contributed by atoms with Crippen molar-refractivity contribution < 1.29 is 8.78 Å². The van der Waals surface area contributed by atoms with Crippen molar-refractivity contribution in [2.24, 2.45) is 0 Å². The Labute approximate surface area is 118 Å². The first kappa shape index (κ1) is 13.4. The maximum atomic E-state index is 13.8. The van der Waals surface area contributed by atoms with Crippen molar-refractivity contribution in [2.45, 2.75) is 6.04 Å². The van der Waals surface area contributed by atoms with Crippen LogP contribution in [0.25, 0.3) is 0 Å². The summed E-state index contributed by atoms with van der Waals surface area (Å²) in [7, 11) is 1.73. The predicted octanol–water partition coefficient (Wildman–Crippen LogP) is 3.88. The van der Waals surface area contributed by atoms with Crippen LogP contribution in [0.15, 0.2) is 42.5 Å². The van der Waals surface area contributed by atoms with Gasteiger partial charge in [0.25, 0.3) is 0 Å². The molecule has 4 heteroatoms. The van der Waals surface area contributed by atoms with E-state index in [4.69, 9.17) is 0 Å². The molecule has 0 amide bonds. The molecule has 0 aromatic heterocycles. The molecule has 0 aliphatic carbocycles. The Bertz CT molecular complexity index is 540. The van der Waals surface area contributed by atoms with Crippen LogP contribution >= 0.6 is 22.6 Å². The van der Waals surface area contributed by atoms with Crippen molar-refractivity contribution in [2.75, 3.05) is 7.05 Å². The molecule has 18 heavy (non-hydrogen) atoms. The summed E-state index contributed by atoms with van der Waals surface area (Å²) in [5.74, 6) is -1.62. The third-order valence-electron chi connectivity index (χ3n) is 2.78. The van der Waals surface area contributed by atoms with Gasteiger partial charge in [0.2, 0.25) is 0 Å². The molecular formula is C14H12F2IN. The summed E-state index contributed by atoms with van der Waals surface area (Å²) in [6.45, 7) is 0. The lowest BCUT2D eigenvalue weighted by atomic mass is 9.98. The molecule has 1 N–H and O–H groups in total. The zero-order valence-electron chi connectivity index (χ0n) is 9.75. The molecule has 0 spiro atoms. The fourth-order valence-electron chi connectivity index (χ4n) is 1.90. The van der Waals surface area contributed by atoms with Crippen LogP contribution in [-0.4, -0.2) is 7.05 Å². The molecule has 0 bridgehead atoms. The topological polar surface area (TPSA) is 12.0 Å². The van der Waals surface area contributed by atoms with E-state index in [1.54, 1.807) is 13.1 Å². The molecule has 0 radical (unpaired) electrons. The normalized spacial score (nSPS) is 12.4. The van der Waals surface area contributed by atoms with Crippen LogP contribution in [-0.2, 0) is 0 Å². The molecule has 0 aliphatic heterocycles. The van der Waals surface area contributed by atoms with E-state index < -0.39 is 11.6 Å². The molecule has 1 nitrogen and oxygen atoms in total. The molecule has 2 rings (SSSR count). The summed E-state index contributed by atoms with van der Waals surface area (Å²) in [5, 5.41) is 3.01. The standard InChI is InChI=1S/C14H12F2IN/c1-18-14(9-5-7-10(17)8-6-9)11-3-2-4-12(15)13(11)16/h2-8,14,18H,1H3. The third kappa shape index (κ3) is 2.70. The lowest BCUT2D eigenvalue weighted by Crippen LogP contribution is -2.19. The number of hydrogen-bond acceptors (Lipinski definition) is 1. The molecule has 0 aliphatic rings. The third-order valence-corrected chi connectivity index (χ3v) is 3.50. The van der Waals surface area contributed by atoms with Crippen molar-refractivity contribution in [1.29, 1.82) is 0 Å². The molecule has 0 saturated carbocycles. The number of benzene rings is 2. The van der Waals surface area contributed by atoms with Crippen LogP contribution in [0.2, 0.25) is 0 Å². The summed E-state index contributed by atoms with van der Waals surface area (Å²) in [6, 6.07) is 11.6.